The highest BCUT2D eigenvalue weighted by molar-refractivity contribution is 5.59. The third-order valence-corrected chi connectivity index (χ3v) is 2.08. The maximum absolute atomic E-state index is 12.0. The van der Waals surface area contributed by atoms with E-state index in [-0.39, 0.29) is 11.5 Å². The van der Waals surface area contributed by atoms with Crippen molar-refractivity contribution in [1.29, 1.82) is 0 Å². The van der Waals surface area contributed by atoms with Crippen molar-refractivity contribution in [2.75, 3.05) is 11.9 Å². The number of anilines is 1. The third kappa shape index (κ3) is 3.31. The van der Waals surface area contributed by atoms with E-state index in [0.29, 0.717) is 5.56 Å². The van der Waals surface area contributed by atoms with Gasteiger partial charge in [0.2, 0.25) is 5.82 Å². The first kappa shape index (κ1) is 13.2. The number of hydrogen-bond acceptors (Lipinski definition) is 5. The molecule has 1 aromatic heterocycles. The molecule has 1 aromatic rings. The van der Waals surface area contributed by atoms with E-state index in [1.165, 1.54) is 19.2 Å². The number of nitrogens with one attached hydrogen (secondary N) is 1. The van der Waals surface area contributed by atoms with E-state index in [9.17, 15) is 18.9 Å². The molecular weight excluding hydrogens is 236 g/mol. The van der Waals surface area contributed by atoms with Crippen LogP contribution in [0.5, 0.6) is 0 Å². The van der Waals surface area contributed by atoms with E-state index in [0.717, 1.165) is 0 Å². The lowest BCUT2D eigenvalue weighted by Crippen LogP contribution is -2.27. The number of rotatable bonds is 5. The predicted octanol–water partition coefficient (Wildman–Crippen LogP) is 1.34. The number of alkyl halides is 2. The Labute approximate surface area is 95.4 Å². The van der Waals surface area contributed by atoms with Gasteiger partial charge in [-0.3, -0.25) is 10.1 Å². The summed E-state index contributed by atoms with van der Waals surface area (Å²) in [7, 11) is 0. The van der Waals surface area contributed by atoms with Crippen LogP contribution in [0.15, 0.2) is 12.3 Å². The van der Waals surface area contributed by atoms with Crippen molar-refractivity contribution in [3.63, 3.8) is 0 Å². The molecule has 0 saturated heterocycles. The fourth-order valence-electron chi connectivity index (χ4n) is 1.20. The summed E-state index contributed by atoms with van der Waals surface area (Å²) in [6, 6.07) is 1.44. The Bertz CT molecular complexity index is 414. The summed E-state index contributed by atoms with van der Waals surface area (Å²) < 4.78 is 24.1. The molecule has 0 spiro atoms. The van der Waals surface area contributed by atoms with E-state index >= 15 is 0 Å². The van der Waals surface area contributed by atoms with Crippen LogP contribution in [0, 0.1) is 17.0 Å². The van der Waals surface area contributed by atoms with Gasteiger partial charge in [0.1, 0.15) is 6.10 Å². The number of aliphatic hydroxyl groups is 1. The molecule has 0 aromatic carbocycles. The van der Waals surface area contributed by atoms with Crippen molar-refractivity contribution in [2.24, 2.45) is 0 Å². The molecule has 1 rings (SSSR count). The Balaban J connectivity index is 2.84. The molecule has 17 heavy (non-hydrogen) atoms. The summed E-state index contributed by atoms with van der Waals surface area (Å²) in [5.41, 5.74) is 0.0769. The van der Waals surface area contributed by atoms with Gasteiger partial charge in [-0.25, -0.2) is 13.8 Å². The SMILES string of the molecule is Cc1ccnc(NCC(O)C(F)F)c1[N+](=O)[O-]. The molecule has 0 amide bonds. The summed E-state index contributed by atoms with van der Waals surface area (Å²) in [6.45, 7) is 1.00. The van der Waals surface area contributed by atoms with Gasteiger partial charge in [-0.1, -0.05) is 0 Å². The largest absolute Gasteiger partial charge is 0.385 e. The van der Waals surface area contributed by atoms with Gasteiger partial charge in [0, 0.05) is 18.3 Å². The van der Waals surface area contributed by atoms with E-state index in [4.69, 9.17) is 5.11 Å². The van der Waals surface area contributed by atoms with Crippen molar-refractivity contribution in [3.8, 4) is 0 Å². The summed E-state index contributed by atoms with van der Waals surface area (Å²) in [5, 5.41) is 21.9. The minimum Gasteiger partial charge on any atom is -0.385 e. The Hall–Kier alpha value is -1.83. The quantitative estimate of drug-likeness (QED) is 0.605. The monoisotopic (exact) mass is 247 g/mol. The second-order valence-electron chi connectivity index (χ2n) is 3.36. The normalized spacial score (nSPS) is 12.5. The highest BCUT2D eigenvalue weighted by atomic mass is 19.3. The number of halogens is 2. The molecule has 1 atom stereocenters. The van der Waals surface area contributed by atoms with Gasteiger partial charge in [-0.2, -0.15) is 0 Å². The molecule has 1 heterocycles. The molecular formula is C9H11F2N3O3. The molecule has 0 fully saturated rings. The molecule has 1 unspecified atom stereocenters. The topological polar surface area (TPSA) is 88.3 Å². The van der Waals surface area contributed by atoms with Gasteiger partial charge in [0.25, 0.3) is 6.43 Å². The van der Waals surface area contributed by atoms with Crippen molar-refractivity contribution in [3.05, 3.63) is 27.9 Å². The fraction of sp³-hybridized carbons (Fsp3) is 0.444. The minimum atomic E-state index is -2.91. The van der Waals surface area contributed by atoms with Gasteiger partial charge in [-0.05, 0) is 13.0 Å². The Morgan fingerprint density at radius 3 is 2.82 bits per heavy atom. The number of aryl methyl sites for hydroxylation is 1. The van der Waals surface area contributed by atoms with Crippen LogP contribution in [0.25, 0.3) is 0 Å². The van der Waals surface area contributed by atoms with Crippen molar-refractivity contribution < 1.29 is 18.8 Å². The number of pyridine rings is 1. The molecule has 94 valence electrons. The molecule has 0 aliphatic carbocycles. The highest BCUT2D eigenvalue weighted by Crippen LogP contribution is 2.25. The lowest BCUT2D eigenvalue weighted by Gasteiger charge is -2.11. The zero-order valence-electron chi connectivity index (χ0n) is 8.93. The molecule has 0 radical (unpaired) electrons. The van der Waals surface area contributed by atoms with Crippen LogP contribution in [-0.4, -0.2) is 34.1 Å². The van der Waals surface area contributed by atoms with Crippen LogP contribution in [0.1, 0.15) is 5.56 Å². The molecule has 0 bridgehead atoms. The van der Waals surface area contributed by atoms with E-state index in [1.54, 1.807) is 0 Å². The van der Waals surface area contributed by atoms with Gasteiger partial charge in [0.05, 0.1) is 4.92 Å². The second kappa shape index (κ2) is 5.48. The number of aromatic nitrogens is 1. The molecule has 8 heteroatoms. The van der Waals surface area contributed by atoms with Gasteiger partial charge in [0.15, 0.2) is 0 Å². The average Bonchev–Trinajstić information content (AvgIpc) is 2.24. The first-order valence-corrected chi connectivity index (χ1v) is 4.73. The number of hydrogen-bond donors (Lipinski definition) is 2. The maximum Gasteiger partial charge on any atom is 0.314 e. The molecule has 0 aliphatic rings. The number of nitrogens with zero attached hydrogens (tertiary/aromatic N) is 2. The third-order valence-electron chi connectivity index (χ3n) is 2.08. The van der Waals surface area contributed by atoms with Crippen LogP contribution < -0.4 is 5.32 Å². The smallest absolute Gasteiger partial charge is 0.314 e. The Morgan fingerprint density at radius 2 is 2.29 bits per heavy atom. The summed E-state index contributed by atoms with van der Waals surface area (Å²) in [5.74, 6) is -0.130. The van der Waals surface area contributed by atoms with Crippen LogP contribution in [0.3, 0.4) is 0 Å². The van der Waals surface area contributed by atoms with Crippen LogP contribution >= 0.6 is 0 Å². The van der Waals surface area contributed by atoms with E-state index < -0.39 is 24.0 Å². The zero-order valence-corrected chi connectivity index (χ0v) is 8.93. The van der Waals surface area contributed by atoms with Crippen LogP contribution in [0.2, 0.25) is 0 Å². The lowest BCUT2D eigenvalue weighted by atomic mass is 10.2. The fourth-order valence-corrected chi connectivity index (χ4v) is 1.20. The van der Waals surface area contributed by atoms with E-state index in [2.05, 4.69) is 10.3 Å². The van der Waals surface area contributed by atoms with Gasteiger partial charge in [-0.15, -0.1) is 0 Å². The predicted molar refractivity (Wildman–Crippen MR) is 56.1 cm³/mol. The standard InChI is InChI=1S/C9H11F2N3O3/c1-5-2-3-12-9(7(5)14(16)17)13-4-6(15)8(10)11/h2-3,6,8,15H,4H2,1H3,(H,12,13). The van der Waals surface area contributed by atoms with E-state index in [1.807, 2.05) is 0 Å². The molecule has 2 N–H and O–H groups in total. The molecule has 0 aliphatic heterocycles. The lowest BCUT2D eigenvalue weighted by molar-refractivity contribution is -0.384. The summed E-state index contributed by atoms with van der Waals surface area (Å²) >= 11 is 0. The van der Waals surface area contributed by atoms with Crippen molar-refractivity contribution >= 4 is 11.5 Å². The first-order chi connectivity index (χ1) is 7.93. The van der Waals surface area contributed by atoms with Gasteiger partial charge < -0.3 is 10.4 Å². The van der Waals surface area contributed by atoms with Gasteiger partial charge >= 0.3 is 5.69 Å². The average molecular weight is 247 g/mol. The zero-order chi connectivity index (χ0) is 13.0. The molecule has 0 saturated carbocycles. The maximum atomic E-state index is 12.0. The van der Waals surface area contributed by atoms with Crippen LogP contribution in [-0.2, 0) is 0 Å². The minimum absolute atomic E-state index is 0.130. The van der Waals surface area contributed by atoms with Crippen LogP contribution in [0.4, 0.5) is 20.3 Å². The highest BCUT2D eigenvalue weighted by Gasteiger charge is 2.21. The Kier molecular flexibility index (Phi) is 4.27. The second-order valence-corrected chi connectivity index (χ2v) is 3.36. The number of aliphatic hydroxyl groups excluding tert-OH is 1. The van der Waals surface area contributed by atoms with Crippen molar-refractivity contribution in [2.45, 2.75) is 19.5 Å². The first-order valence-electron chi connectivity index (χ1n) is 4.73. The summed E-state index contributed by atoms with van der Waals surface area (Å²) in [6.07, 6.45) is -3.48. The summed E-state index contributed by atoms with van der Waals surface area (Å²) in [4.78, 5) is 13.8. The van der Waals surface area contributed by atoms with Crippen molar-refractivity contribution in [1.82, 2.24) is 4.98 Å². The Morgan fingerprint density at radius 1 is 1.65 bits per heavy atom. The number of nitro groups is 1. The molecule has 6 nitrogen and oxygen atoms in total.